The summed E-state index contributed by atoms with van der Waals surface area (Å²) in [5.74, 6) is -0.368. The molecule has 1 aromatic rings. The van der Waals surface area contributed by atoms with Gasteiger partial charge in [0.25, 0.3) is 0 Å². The first kappa shape index (κ1) is 11.5. The molecule has 3 heteroatoms. The number of nitriles is 1. The van der Waals surface area contributed by atoms with Gasteiger partial charge in [0.2, 0.25) is 0 Å². The molecule has 0 saturated carbocycles. The minimum Gasteiger partial charge on any atom is -0.385 e. The van der Waals surface area contributed by atoms with E-state index in [1.165, 1.54) is 12.1 Å². The van der Waals surface area contributed by atoms with Crippen LogP contribution in [0.4, 0.5) is 10.1 Å². The quantitative estimate of drug-likeness (QED) is 0.750. The molecule has 0 saturated heterocycles. The number of nitrogens with one attached hydrogen (secondary N) is 1. The van der Waals surface area contributed by atoms with Crippen molar-refractivity contribution in [3.63, 3.8) is 0 Å². The van der Waals surface area contributed by atoms with Gasteiger partial charge in [-0.15, -0.1) is 0 Å². The second kappa shape index (κ2) is 6.02. The molecule has 1 aromatic carbocycles. The highest BCUT2D eigenvalue weighted by molar-refractivity contribution is 5.49. The van der Waals surface area contributed by atoms with Crippen LogP contribution in [0.15, 0.2) is 18.2 Å². The summed E-state index contributed by atoms with van der Waals surface area (Å²) in [5, 5.41) is 11.8. The highest BCUT2D eigenvalue weighted by atomic mass is 19.1. The van der Waals surface area contributed by atoms with Gasteiger partial charge in [0.05, 0.1) is 11.6 Å². The van der Waals surface area contributed by atoms with E-state index in [4.69, 9.17) is 5.26 Å². The molecule has 0 aliphatic rings. The van der Waals surface area contributed by atoms with Gasteiger partial charge < -0.3 is 5.32 Å². The minimum absolute atomic E-state index is 0.355. The summed E-state index contributed by atoms with van der Waals surface area (Å²) in [4.78, 5) is 0. The Kier molecular flexibility index (Phi) is 4.62. The fraction of sp³-hybridized carbons (Fsp3) is 0.417. The standard InChI is InChI=1S/C12H15FN2/c1-2-3-4-5-15-12-7-10(9-14)6-11(13)8-12/h6-8,15H,2-5H2,1H3. The van der Waals surface area contributed by atoms with Gasteiger partial charge in [-0.05, 0) is 24.6 Å². The molecule has 0 spiro atoms. The van der Waals surface area contributed by atoms with Crippen molar-refractivity contribution in [3.8, 4) is 6.07 Å². The van der Waals surface area contributed by atoms with Crippen LogP contribution in [0.3, 0.4) is 0 Å². The van der Waals surface area contributed by atoms with Gasteiger partial charge in [-0.25, -0.2) is 4.39 Å². The Morgan fingerprint density at radius 1 is 1.33 bits per heavy atom. The maximum absolute atomic E-state index is 13.0. The van der Waals surface area contributed by atoms with Crippen LogP contribution in [-0.2, 0) is 0 Å². The number of hydrogen-bond donors (Lipinski definition) is 1. The molecule has 15 heavy (non-hydrogen) atoms. The number of halogens is 1. The monoisotopic (exact) mass is 206 g/mol. The van der Waals surface area contributed by atoms with E-state index in [0.29, 0.717) is 11.3 Å². The van der Waals surface area contributed by atoms with E-state index < -0.39 is 0 Å². The number of unbranched alkanes of at least 4 members (excludes halogenated alkanes) is 2. The molecule has 0 atom stereocenters. The molecule has 0 aromatic heterocycles. The highest BCUT2D eigenvalue weighted by Gasteiger charge is 1.99. The van der Waals surface area contributed by atoms with Crippen LogP contribution >= 0.6 is 0 Å². The van der Waals surface area contributed by atoms with Gasteiger partial charge >= 0.3 is 0 Å². The van der Waals surface area contributed by atoms with E-state index in [-0.39, 0.29) is 5.82 Å². The lowest BCUT2D eigenvalue weighted by Gasteiger charge is -2.06. The Bertz CT molecular complexity index is 355. The zero-order valence-electron chi connectivity index (χ0n) is 8.89. The molecule has 2 nitrogen and oxygen atoms in total. The SMILES string of the molecule is CCCCCNc1cc(F)cc(C#N)c1. The molecule has 0 amide bonds. The van der Waals surface area contributed by atoms with Crippen LogP contribution in [-0.4, -0.2) is 6.54 Å². The van der Waals surface area contributed by atoms with E-state index in [1.54, 1.807) is 6.07 Å². The minimum atomic E-state index is -0.368. The largest absolute Gasteiger partial charge is 0.385 e. The van der Waals surface area contributed by atoms with Crippen molar-refractivity contribution in [1.82, 2.24) is 0 Å². The molecule has 0 aliphatic heterocycles. The van der Waals surface area contributed by atoms with Crippen LogP contribution in [0, 0.1) is 17.1 Å². The van der Waals surface area contributed by atoms with Crippen LogP contribution in [0.25, 0.3) is 0 Å². The normalized spacial score (nSPS) is 9.67. The average Bonchev–Trinajstić information content (AvgIpc) is 2.23. The zero-order chi connectivity index (χ0) is 11.1. The number of rotatable bonds is 5. The van der Waals surface area contributed by atoms with Gasteiger partial charge in [-0.2, -0.15) is 5.26 Å². The second-order valence-electron chi connectivity index (χ2n) is 3.47. The number of nitrogens with zero attached hydrogens (tertiary/aromatic N) is 1. The van der Waals surface area contributed by atoms with Crippen molar-refractivity contribution < 1.29 is 4.39 Å². The molecule has 1 N–H and O–H groups in total. The predicted octanol–water partition coefficient (Wildman–Crippen LogP) is 3.30. The van der Waals surface area contributed by atoms with Gasteiger partial charge in [0.1, 0.15) is 5.82 Å². The molecule has 0 radical (unpaired) electrons. The average molecular weight is 206 g/mol. The van der Waals surface area contributed by atoms with Gasteiger partial charge in [-0.3, -0.25) is 0 Å². The molecule has 0 fully saturated rings. The topological polar surface area (TPSA) is 35.8 Å². The first-order chi connectivity index (χ1) is 7.26. The lowest BCUT2D eigenvalue weighted by atomic mass is 10.2. The van der Waals surface area contributed by atoms with Crippen LogP contribution in [0.2, 0.25) is 0 Å². The third-order valence-electron chi connectivity index (χ3n) is 2.14. The second-order valence-corrected chi connectivity index (χ2v) is 3.47. The van der Waals surface area contributed by atoms with Gasteiger partial charge in [-0.1, -0.05) is 19.8 Å². The maximum Gasteiger partial charge on any atom is 0.126 e. The first-order valence-electron chi connectivity index (χ1n) is 5.21. The Balaban J connectivity index is 2.54. The molecular weight excluding hydrogens is 191 g/mol. The lowest BCUT2D eigenvalue weighted by Crippen LogP contribution is -2.01. The summed E-state index contributed by atoms with van der Waals surface area (Å²) in [6.45, 7) is 2.96. The van der Waals surface area contributed by atoms with E-state index in [9.17, 15) is 4.39 Å². The summed E-state index contributed by atoms with van der Waals surface area (Å²) >= 11 is 0. The summed E-state index contributed by atoms with van der Waals surface area (Å²) in [5.41, 5.74) is 1.04. The Hall–Kier alpha value is -1.56. The van der Waals surface area contributed by atoms with E-state index in [0.717, 1.165) is 25.8 Å². The van der Waals surface area contributed by atoms with Crippen LogP contribution in [0.5, 0.6) is 0 Å². The lowest BCUT2D eigenvalue weighted by molar-refractivity contribution is 0.627. The summed E-state index contributed by atoms with van der Waals surface area (Å²) < 4.78 is 13.0. The van der Waals surface area contributed by atoms with Crippen molar-refractivity contribution in [2.24, 2.45) is 0 Å². The van der Waals surface area contributed by atoms with Gasteiger partial charge in [0.15, 0.2) is 0 Å². The predicted molar refractivity (Wildman–Crippen MR) is 59.1 cm³/mol. The van der Waals surface area contributed by atoms with Crippen molar-refractivity contribution >= 4 is 5.69 Å². The van der Waals surface area contributed by atoms with Crippen LogP contribution < -0.4 is 5.32 Å². The van der Waals surface area contributed by atoms with E-state index in [2.05, 4.69) is 12.2 Å². The van der Waals surface area contributed by atoms with Gasteiger partial charge in [0, 0.05) is 12.2 Å². The maximum atomic E-state index is 13.0. The van der Waals surface area contributed by atoms with Crippen molar-refractivity contribution in [2.75, 3.05) is 11.9 Å². The molecule has 0 heterocycles. The summed E-state index contributed by atoms with van der Waals surface area (Å²) in [6, 6.07) is 6.23. The van der Waals surface area contributed by atoms with Crippen molar-refractivity contribution in [1.29, 1.82) is 5.26 Å². The Morgan fingerprint density at radius 3 is 2.80 bits per heavy atom. The first-order valence-corrected chi connectivity index (χ1v) is 5.21. The van der Waals surface area contributed by atoms with Crippen molar-refractivity contribution in [2.45, 2.75) is 26.2 Å². The molecule has 80 valence electrons. The Morgan fingerprint density at radius 2 is 2.13 bits per heavy atom. The molecule has 1 rings (SSSR count). The molecule has 0 unspecified atom stereocenters. The molecule has 0 bridgehead atoms. The zero-order valence-corrected chi connectivity index (χ0v) is 8.89. The molecule has 0 aliphatic carbocycles. The summed E-state index contributed by atoms with van der Waals surface area (Å²) in [7, 11) is 0. The van der Waals surface area contributed by atoms with E-state index in [1.807, 2.05) is 6.07 Å². The van der Waals surface area contributed by atoms with Crippen molar-refractivity contribution in [3.05, 3.63) is 29.6 Å². The fourth-order valence-electron chi connectivity index (χ4n) is 1.36. The smallest absolute Gasteiger partial charge is 0.126 e. The summed E-state index contributed by atoms with van der Waals surface area (Å²) in [6.07, 6.45) is 3.39. The highest BCUT2D eigenvalue weighted by Crippen LogP contribution is 2.13. The third-order valence-corrected chi connectivity index (χ3v) is 2.14. The van der Waals surface area contributed by atoms with E-state index >= 15 is 0 Å². The number of benzene rings is 1. The third kappa shape index (κ3) is 3.99. The van der Waals surface area contributed by atoms with Crippen LogP contribution in [0.1, 0.15) is 31.7 Å². The fourth-order valence-corrected chi connectivity index (χ4v) is 1.36. The number of anilines is 1. The molecular formula is C12H15FN2. The number of hydrogen-bond acceptors (Lipinski definition) is 2. The Labute approximate surface area is 89.7 Å².